The molecule has 1 amide bonds. The summed E-state index contributed by atoms with van der Waals surface area (Å²) in [6.45, 7) is 5.70. The topological polar surface area (TPSA) is 85.8 Å². The summed E-state index contributed by atoms with van der Waals surface area (Å²) in [6.07, 6.45) is -2.97. The minimum Gasteiger partial charge on any atom is -0.485 e. The fourth-order valence-electron chi connectivity index (χ4n) is 4.60. The van der Waals surface area contributed by atoms with Crippen LogP contribution in [0, 0.1) is 12.7 Å². The number of fused-ring (bicyclic) bond motifs is 2. The zero-order valence-corrected chi connectivity index (χ0v) is 20.5. The van der Waals surface area contributed by atoms with Gasteiger partial charge in [0.15, 0.2) is 17.3 Å². The van der Waals surface area contributed by atoms with E-state index < -0.39 is 30.0 Å². The molecule has 0 bridgehead atoms. The van der Waals surface area contributed by atoms with Gasteiger partial charge in [-0.25, -0.2) is 13.2 Å². The molecule has 37 heavy (non-hydrogen) atoms. The lowest BCUT2D eigenvalue weighted by atomic mass is 10.0. The summed E-state index contributed by atoms with van der Waals surface area (Å²) in [6, 6.07) is 6.70. The number of ether oxygens (including phenoxy) is 3. The maximum atomic E-state index is 14.7. The van der Waals surface area contributed by atoms with E-state index in [4.69, 9.17) is 14.2 Å². The third kappa shape index (κ3) is 5.00. The Morgan fingerprint density at radius 2 is 1.89 bits per heavy atom. The zero-order valence-electron chi connectivity index (χ0n) is 20.5. The van der Waals surface area contributed by atoms with Crippen LogP contribution in [0.25, 0.3) is 10.8 Å². The molecule has 1 N–H and O–H groups in total. The van der Waals surface area contributed by atoms with Gasteiger partial charge in [0.25, 0.3) is 12.3 Å². The number of carbonyl (C=O) groups is 1. The molecular weight excluding hydrogens is 489 g/mol. The summed E-state index contributed by atoms with van der Waals surface area (Å²) in [5.41, 5.74) is 0.0588. The summed E-state index contributed by atoms with van der Waals surface area (Å²) in [5, 5.41) is 12.8. The van der Waals surface area contributed by atoms with E-state index in [0.717, 1.165) is 17.9 Å². The average Bonchev–Trinajstić information content (AvgIpc) is 3.18. The van der Waals surface area contributed by atoms with Gasteiger partial charge in [0, 0.05) is 36.0 Å². The van der Waals surface area contributed by atoms with E-state index in [9.17, 15) is 18.0 Å². The van der Waals surface area contributed by atoms with Gasteiger partial charge in [0.1, 0.15) is 12.4 Å². The van der Waals surface area contributed by atoms with Crippen molar-refractivity contribution in [1.29, 1.82) is 0 Å². The van der Waals surface area contributed by atoms with Crippen LogP contribution in [0.3, 0.4) is 0 Å². The molecule has 2 atom stereocenters. The number of anilines is 1. The highest BCUT2D eigenvalue weighted by atomic mass is 19.3. The Kier molecular flexibility index (Phi) is 7.05. The van der Waals surface area contributed by atoms with E-state index in [1.165, 1.54) is 12.1 Å². The first-order valence-corrected chi connectivity index (χ1v) is 12.1. The van der Waals surface area contributed by atoms with Crippen LogP contribution < -0.4 is 14.8 Å². The number of carbonyl (C=O) groups excluding carboxylic acids is 1. The molecule has 0 radical (unpaired) electrons. The maximum Gasteiger partial charge on any atom is 0.267 e. The van der Waals surface area contributed by atoms with Crippen molar-refractivity contribution in [2.45, 2.75) is 38.8 Å². The second-order valence-corrected chi connectivity index (χ2v) is 9.10. The number of nitrogens with zero attached hydrogens (tertiary/aromatic N) is 3. The first kappa shape index (κ1) is 25.1. The fraction of sp³-hybridized carbons (Fsp3) is 0.423. The monoisotopic (exact) mass is 516 g/mol. The van der Waals surface area contributed by atoms with Crippen molar-refractivity contribution in [3.05, 3.63) is 53.0 Å². The predicted octanol–water partition coefficient (Wildman–Crippen LogP) is 4.58. The van der Waals surface area contributed by atoms with Crippen LogP contribution >= 0.6 is 0 Å². The zero-order chi connectivity index (χ0) is 26.1. The number of benzene rings is 2. The van der Waals surface area contributed by atoms with E-state index >= 15 is 0 Å². The number of hydrogen-bond donors (Lipinski definition) is 1. The van der Waals surface area contributed by atoms with Crippen LogP contribution in [-0.2, 0) is 9.53 Å². The number of rotatable bonds is 5. The molecule has 196 valence electrons. The molecule has 0 aliphatic carbocycles. The lowest BCUT2D eigenvalue weighted by molar-refractivity contribution is -0.141. The van der Waals surface area contributed by atoms with Crippen molar-refractivity contribution in [2.75, 3.05) is 38.2 Å². The second-order valence-electron chi connectivity index (χ2n) is 9.10. The van der Waals surface area contributed by atoms with E-state index in [1.807, 2.05) is 0 Å². The summed E-state index contributed by atoms with van der Waals surface area (Å²) in [4.78, 5) is 14.8. The van der Waals surface area contributed by atoms with Crippen molar-refractivity contribution in [3.63, 3.8) is 0 Å². The van der Waals surface area contributed by atoms with Crippen molar-refractivity contribution in [3.8, 4) is 11.5 Å². The molecule has 2 aliphatic rings. The minimum atomic E-state index is -2.92. The third-order valence-electron chi connectivity index (χ3n) is 6.61. The second kappa shape index (κ2) is 10.4. The van der Waals surface area contributed by atoms with Crippen molar-refractivity contribution < 1.29 is 32.2 Å². The number of aromatic nitrogens is 2. The lowest BCUT2D eigenvalue weighted by Gasteiger charge is -2.30. The van der Waals surface area contributed by atoms with Gasteiger partial charge in [0.05, 0.1) is 23.9 Å². The van der Waals surface area contributed by atoms with Gasteiger partial charge in [-0.15, -0.1) is 5.10 Å². The normalized spacial score (nSPS) is 18.5. The third-order valence-corrected chi connectivity index (χ3v) is 6.61. The Morgan fingerprint density at radius 1 is 1.11 bits per heavy atom. The minimum absolute atomic E-state index is 0.0775. The van der Waals surface area contributed by atoms with Gasteiger partial charge >= 0.3 is 0 Å². The molecule has 1 aromatic heterocycles. The Hall–Kier alpha value is -3.60. The number of alkyl halides is 2. The van der Waals surface area contributed by atoms with Crippen LogP contribution in [0.1, 0.15) is 42.6 Å². The van der Waals surface area contributed by atoms with Crippen LogP contribution in [0.5, 0.6) is 11.5 Å². The van der Waals surface area contributed by atoms with Crippen LogP contribution in [-0.4, -0.2) is 60.0 Å². The van der Waals surface area contributed by atoms with E-state index in [1.54, 1.807) is 30.9 Å². The predicted molar refractivity (Wildman–Crippen MR) is 130 cm³/mol. The molecule has 1 fully saturated rings. The molecule has 1 saturated heterocycles. The highest BCUT2D eigenvalue weighted by molar-refractivity contribution is 5.96. The fourth-order valence-corrected chi connectivity index (χ4v) is 4.60. The molecule has 0 saturated carbocycles. The highest BCUT2D eigenvalue weighted by Crippen LogP contribution is 2.39. The Labute approximate surface area is 211 Å². The van der Waals surface area contributed by atoms with Crippen LogP contribution in [0.2, 0.25) is 0 Å². The van der Waals surface area contributed by atoms with E-state index in [2.05, 4.69) is 15.5 Å². The van der Waals surface area contributed by atoms with Crippen LogP contribution in [0.4, 0.5) is 19.0 Å². The lowest BCUT2D eigenvalue weighted by Crippen LogP contribution is -2.47. The summed E-state index contributed by atoms with van der Waals surface area (Å²) in [5.74, 6) is 0.0380. The Morgan fingerprint density at radius 3 is 2.70 bits per heavy atom. The standard InChI is InChI=1S/C26H27F3N4O4/c1-14(16-5-3-6-17(23(16)27)24(28)29)30-25-19-12-21-20(11-18(19)15(2)31-32-25)36-13-22(37-21)26(34)33-7-4-9-35-10-8-33/h3,5-6,11-12,14,22,24H,4,7-10,13H2,1-2H3,(H,30,32)/t14-,22?/m1/s1. The van der Waals surface area contributed by atoms with Gasteiger partial charge in [0.2, 0.25) is 6.10 Å². The molecule has 0 spiro atoms. The van der Waals surface area contributed by atoms with Crippen molar-refractivity contribution >= 4 is 22.5 Å². The van der Waals surface area contributed by atoms with Gasteiger partial charge in [-0.2, -0.15) is 5.10 Å². The molecule has 3 aromatic rings. The van der Waals surface area contributed by atoms with Gasteiger partial charge in [-0.1, -0.05) is 18.2 Å². The molecule has 1 unspecified atom stereocenters. The largest absolute Gasteiger partial charge is 0.485 e. The Bertz CT molecular complexity index is 1310. The van der Waals surface area contributed by atoms with E-state index in [-0.39, 0.29) is 18.1 Å². The molecular formula is C26H27F3N4O4. The number of amides is 1. The van der Waals surface area contributed by atoms with Crippen LogP contribution in [0.15, 0.2) is 30.3 Å². The summed E-state index contributed by atoms with van der Waals surface area (Å²) < 4.78 is 58.5. The molecule has 5 rings (SSSR count). The smallest absolute Gasteiger partial charge is 0.267 e. The molecule has 8 nitrogen and oxygen atoms in total. The van der Waals surface area contributed by atoms with Gasteiger partial charge in [-0.3, -0.25) is 4.79 Å². The van der Waals surface area contributed by atoms with E-state index in [0.29, 0.717) is 54.7 Å². The summed E-state index contributed by atoms with van der Waals surface area (Å²) >= 11 is 0. The number of aryl methyl sites for hydroxylation is 1. The van der Waals surface area contributed by atoms with Gasteiger partial charge < -0.3 is 24.4 Å². The molecule has 3 heterocycles. The number of nitrogens with one attached hydrogen (secondary N) is 1. The molecule has 11 heteroatoms. The summed E-state index contributed by atoms with van der Waals surface area (Å²) in [7, 11) is 0. The molecule has 2 aromatic carbocycles. The SMILES string of the molecule is Cc1nnc(N[C@H](C)c2cccc(C(F)F)c2F)c2cc3c(cc12)OCC(C(=O)N1CCCOCC1)O3. The molecule has 2 aliphatic heterocycles. The average molecular weight is 517 g/mol. The first-order valence-electron chi connectivity index (χ1n) is 12.1. The van der Waals surface area contributed by atoms with Crippen molar-refractivity contribution in [1.82, 2.24) is 15.1 Å². The maximum absolute atomic E-state index is 14.7. The number of hydrogen-bond acceptors (Lipinski definition) is 7. The first-order chi connectivity index (χ1) is 17.8. The number of halogens is 3. The quantitative estimate of drug-likeness (QED) is 0.532. The highest BCUT2D eigenvalue weighted by Gasteiger charge is 2.32. The van der Waals surface area contributed by atoms with Gasteiger partial charge in [-0.05, 0) is 32.4 Å². The Balaban J connectivity index is 1.44. The van der Waals surface area contributed by atoms with Crippen molar-refractivity contribution in [2.24, 2.45) is 0 Å².